The van der Waals surface area contributed by atoms with E-state index in [1.165, 1.54) is 7.11 Å². The second-order valence-corrected chi connectivity index (χ2v) is 5.20. The summed E-state index contributed by atoms with van der Waals surface area (Å²) in [5.74, 6) is -2.51. The second kappa shape index (κ2) is 12.9. The number of nitrogens with one attached hydrogen (secondary N) is 1. The van der Waals surface area contributed by atoms with Gasteiger partial charge in [-0.2, -0.15) is 0 Å². The van der Waals surface area contributed by atoms with Gasteiger partial charge >= 0.3 is 11.9 Å². The van der Waals surface area contributed by atoms with Crippen molar-refractivity contribution in [1.82, 2.24) is 5.32 Å². The summed E-state index contributed by atoms with van der Waals surface area (Å²) in [6.45, 7) is 2.25. The first-order valence-corrected chi connectivity index (χ1v) is 7.86. The molecule has 1 rings (SSSR count). The molecule has 140 valence electrons. The minimum atomic E-state index is -1.22. The van der Waals surface area contributed by atoms with Gasteiger partial charge in [-0.3, -0.25) is 9.59 Å². The van der Waals surface area contributed by atoms with Crippen LogP contribution in [0.3, 0.4) is 0 Å². The number of benzene rings is 1. The van der Waals surface area contributed by atoms with Gasteiger partial charge in [0, 0.05) is 13.0 Å². The van der Waals surface area contributed by atoms with Crippen LogP contribution in [0.15, 0.2) is 30.3 Å². The predicted molar refractivity (Wildman–Crippen MR) is 91.7 cm³/mol. The molecule has 8 heteroatoms. The van der Waals surface area contributed by atoms with Gasteiger partial charge in [0.1, 0.15) is 6.04 Å². The van der Waals surface area contributed by atoms with E-state index in [0.29, 0.717) is 6.61 Å². The summed E-state index contributed by atoms with van der Waals surface area (Å²) in [6, 6.07) is 6.93. The SMILES string of the molecule is CCCO.COC(=O)[C@H](Cc1ccccc1)NC(=O)[C@@H](N)CC(=O)O. The lowest BCUT2D eigenvalue weighted by molar-refractivity contribution is -0.145. The first kappa shape index (κ1) is 22.6. The van der Waals surface area contributed by atoms with E-state index < -0.39 is 36.4 Å². The van der Waals surface area contributed by atoms with Crippen molar-refractivity contribution in [3.63, 3.8) is 0 Å². The molecule has 0 aliphatic rings. The predicted octanol–water partition coefficient (Wildman–Crippen LogP) is 0.0776. The fourth-order valence-corrected chi connectivity index (χ4v) is 1.74. The number of amides is 1. The summed E-state index contributed by atoms with van der Waals surface area (Å²) < 4.78 is 4.64. The normalized spacial score (nSPS) is 12.2. The summed E-state index contributed by atoms with van der Waals surface area (Å²) in [4.78, 5) is 34.0. The number of ether oxygens (including phenoxy) is 1. The largest absolute Gasteiger partial charge is 0.481 e. The van der Waals surface area contributed by atoms with Gasteiger partial charge in [-0.05, 0) is 12.0 Å². The Bertz CT molecular complexity index is 533. The monoisotopic (exact) mass is 354 g/mol. The Balaban J connectivity index is 0.00000129. The number of methoxy groups -OCH3 is 1. The Morgan fingerprint density at radius 1 is 1.24 bits per heavy atom. The molecule has 0 heterocycles. The van der Waals surface area contributed by atoms with Crippen molar-refractivity contribution in [3.8, 4) is 0 Å². The lowest BCUT2D eigenvalue weighted by atomic mass is 10.1. The lowest BCUT2D eigenvalue weighted by Crippen LogP contribution is -2.50. The van der Waals surface area contributed by atoms with Crippen LogP contribution in [0.25, 0.3) is 0 Å². The first-order valence-electron chi connectivity index (χ1n) is 7.86. The third-order valence-corrected chi connectivity index (χ3v) is 3.04. The fraction of sp³-hybridized carbons (Fsp3) is 0.471. The van der Waals surface area contributed by atoms with Crippen molar-refractivity contribution in [2.24, 2.45) is 5.73 Å². The topological polar surface area (TPSA) is 139 Å². The van der Waals surface area contributed by atoms with Crippen LogP contribution in [-0.4, -0.2) is 53.9 Å². The number of carboxylic acids is 1. The van der Waals surface area contributed by atoms with Gasteiger partial charge in [0.2, 0.25) is 5.91 Å². The van der Waals surface area contributed by atoms with E-state index in [2.05, 4.69) is 10.1 Å². The Morgan fingerprint density at radius 3 is 2.24 bits per heavy atom. The van der Waals surface area contributed by atoms with Crippen LogP contribution >= 0.6 is 0 Å². The smallest absolute Gasteiger partial charge is 0.328 e. The summed E-state index contributed by atoms with van der Waals surface area (Å²) in [5.41, 5.74) is 6.29. The molecule has 1 aromatic carbocycles. The van der Waals surface area contributed by atoms with Gasteiger partial charge in [0.15, 0.2) is 0 Å². The zero-order valence-corrected chi connectivity index (χ0v) is 14.5. The number of rotatable bonds is 8. The summed E-state index contributed by atoms with van der Waals surface area (Å²) >= 11 is 0. The molecule has 0 aliphatic heterocycles. The summed E-state index contributed by atoms with van der Waals surface area (Å²) in [5, 5.41) is 18.9. The molecule has 0 spiro atoms. The first-order chi connectivity index (χ1) is 11.8. The Labute approximate surface area is 147 Å². The number of esters is 1. The van der Waals surface area contributed by atoms with Crippen LogP contribution in [0, 0.1) is 0 Å². The standard InChI is InChI=1S/C14H18N2O5.C3H8O/c1-21-14(20)11(7-9-5-3-2-4-6-9)16-13(19)10(15)8-12(17)18;1-2-3-4/h2-6,10-11H,7-8,15H2,1H3,(H,16,19)(H,17,18);4H,2-3H2,1H3/t10-,11-;/m0./s1. The molecule has 0 unspecified atom stereocenters. The van der Waals surface area contributed by atoms with Crippen molar-refractivity contribution in [3.05, 3.63) is 35.9 Å². The zero-order valence-electron chi connectivity index (χ0n) is 14.5. The maximum atomic E-state index is 11.8. The highest BCUT2D eigenvalue weighted by atomic mass is 16.5. The van der Waals surface area contributed by atoms with Gasteiger partial charge in [-0.25, -0.2) is 4.79 Å². The van der Waals surface area contributed by atoms with Crippen molar-refractivity contribution >= 4 is 17.8 Å². The van der Waals surface area contributed by atoms with Crippen LogP contribution in [0.4, 0.5) is 0 Å². The average molecular weight is 354 g/mol. The van der Waals surface area contributed by atoms with Crippen molar-refractivity contribution in [1.29, 1.82) is 0 Å². The lowest BCUT2D eigenvalue weighted by Gasteiger charge is -2.18. The molecule has 1 aromatic rings. The molecule has 2 atom stereocenters. The molecule has 0 saturated carbocycles. The van der Waals surface area contributed by atoms with E-state index in [9.17, 15) is 14.4 Å². The van der Waals surface area contributed by atoms with Crippen LogP contribution in [0.1, 0.15) is 25.3 Å². The van der Waals surface area contributed by atoms with E-state index in [1.54, 1.807) is 12.1 Å². The third kappa shape index (κ3) is 10.1. The molecule has 0 radical (unpaired) electrons. The molecule has 0 fully saturated rings. The molecule has 1 amide bonds. The van der Waals surface area contributed by atoms with Gasteiger partial charge in [0.05, 0.1) is 19.6 Å². The van der Waals surface area contributed by atoms with Gasteiger partial charge in [-0.15, -0.1) is 0 Å². The van der Waals surface area contributed by atoms with E-state index >= 15 is 0 Å². The van der Waals surface area contributed by atoms with Crippen molar-refractivity contribution < 1.29 is 29.3 Å². The Morgan fingerprint density at radius 2 is 1.80 bits per heavy atom. The molecular formula is C17H26N2O6. The molecule has 25 heavy (non-hydrogen) atoms. The fourth-order valence-electron chi connectivity index (χ4n) is 1.74. The number of aliphatic carboxylic acids is 1. The number of carbonyl (C=O) groups excluding carboxylic acids is 2. The van der Waals surface area contributed by atoms with Gasteiger partial charge in [0.25, 0.3) is 0 Å². The van der Waals surface area contributed by atoms with Crippen LogP contribution < -0.4 is 11.1 Å². The average Bonchev–Trinajstić information content (AvgIpc) is 2.60. The Kier molecular flexibility index (Phi) is 11.6. The molecule has 0 bridgehead atoms. The number of aliphatic hydroxyl groups is 1. The maximum absolute atomic E-state index is 11.8. The number of hydrogen-bond donors (Lipinski definition) is 4. The third-order valence-electron chi connectivity index (χ3n) is 3.04. The van der Waals surface area contributed by atoms with Crippen LogP contribution in [0.5, 0.6) is 0 Å². The molecule has 0 saturated heterocycles. The maximum Gasteiger partial charge on any atom is 0.328 e. The molecular weight excluding hydrogens is 328 g/mol. The Hall–Kier alpha value is -2.45. The minimum absolute atomic E-state index is 0.235. The van der Waals surface area contributed by atoms with Crippen LogP contribution in [0.2, 0.25) is 0 Å². The molecule has 0 aliphatic carbocycles. The van der Waals surface area contributed by atoms with E-state index in [0.717, 1.165) is 12.0 Å². The van der Waals surface area contributed by atoms with Crippen molar-refractivity contribution in [2.75, 3.05) is 13.7 Å². The highest BCUT2D eigenvalue weighted by Gasteiger charge is 2.25. The van der Waals surface area contributed by atoms with Crippen LogP contribution in [-0.2, 0) is 25.5 Å². The number of hydrogen-bond acceptors (Lipinski definition) is 6. The summed E-state index contributed by atoms with van der Waals surface area (Å²) in [6.07, 6.45) is 0.601. The van der Waals surface area contributed by atoms with Gasteiger partial charge in [-0.1, -0.05) is 37.3 Å². The minimum Gasteiger partial charge on any atom is -0.481 e. The van der Waals surface area contributed by atoms with E-state index in [4.69, 9.17) is 15.9 Å². The number of carbonyl (C=O) groups is 3. The number of nitrogens with two attached hydrogens (primary N) is 1. The zero-order chi connectivity index (χ0) is 19.2. The van der Waals surface area contributed by atoms with Gasteiger partial charge < -0.3 is 26.0 Å². The quantitative estimate of drug-likeness (QED) is 0.485. The van der Waals surface area contributed by atoms with E-state index in [1.807, 2.05) is 25.1 Å². The second-order valence-electron chi connectivity index (χ2n) is 5.20. The van der Waals surface area contributed by atoms with E-state index in [-0.39, 0.29) is 6.42 Å². The molecule has 8 nitrogen and oxygen atoms in total. The highest BCUT2D eigenvalue weighted by Crippen LogP contribution is 2.05. The summed E-state index contributed by atoms with van der Waals surface area (Å²) in [7, 11) is 1.21. The molecule has 0 aromatic heterocycles. The van der Waals surface area contributed by atoms with Crippen molar-refractivity contribution in [2.45, 2.75) is 38.3 Å². The number of aliphatic hydroxyl groups excluding tert-OH is 1. The number of carboxylic acid groups (broad SMARTS) is 1. The highest BCUT2D eigenvalue weighted by molar-refractivity contribution is 5.89. The molecule has 5 N–H and O–H groups in total.